The van der Waals surface area contributed by atoms with E-state index < -0.39 is 0 Å². The monoisotopic (exact) mass is 763 g/mol. The summed E-state index contributed by atoms with van der Waals surface area (Å²) in [6.45, 7) is 0. The Morgan fingerprint density at radius 3 is 1.70 bits per heavy atom. The van der Waals surface area contributed by atoms with Crippen molar-refractivity contribution in [2.45, 2.75) is 0 Å². The first-order valence-corrected chi connectivity index (χ1v) is 20.5. The van der Waals surface area contributed by atoms with Crippen molar-refractivity contribution in [2.75, 3.05) is 0 Å². The zero-order chi connectivity index (χ0) is 37.5. The molecule has 0 amide bonds. The second kappa shape index (κ2) is 12.8. The van der Waals surface area contributed by atoms with Gasteiger partial charge in [0.25, 0.3) is 0 Å². The van der Waals surface area contributed by atoms with Crippen LogP contribution >= 0.6 is 22.7 Å². The Kier molecular flexibility index (Phi) is 7.24. The minimum atomic E-state index is 0.602. The molecule has 0 aliphatic carbocycles. The number of fused-ring (bicyclic) bond motifs is 9. The van der Waals surface area contributed by atoms with Crippen LogP contribution in [0.25, 0.3) is 119 Å². The Hall–Kier alpha value is -6.99. The van der Waals surface area contributed by atoms with Crippen LogP contribution in [0.1, 0.15) is 0 Å². The van der Waals surface area contributed by atoms with Crippen LogP contribution in [0.3, 0.4) is 0 Å². The Balaban J connectivity index is 0.941. The molecule has 0 aliphatic rings. The van der Waals surface area contributed by atoms with E-state index in [1.54, 1.807) is 11.3 Å². The quantitative estimate of drug-likeness (QED) is 0.175. The molecule has 8 aromatic carbocycles. The third-order valence-electron chi connectivity index (χ3n) is 10.9. The molecular weight excluding hydrogens is 735 g/mol. The Morgan fingerprint density at radius 1 is 0.316 bits per heavy atom. The van der Waals surface area contributed by atoms with Gasteiger partial charge in [-0.1, -0.05) is 127 Å². The largest absolute Gasteiger partial charge is 0.456 e. The number of aromatic nitrogens is 3. The topological polar surface area (TPSA) is 51.8 Å². The van der Waals surface area contributed by atoms with E-state index in [-0.39, 0.29) is 0 Å². The summed E-state index contributed by atoms with van der Waals surface area (Å²) in [6, 6.07) is 62.1. The van der Waals surface area contributed by atoms with Gasteiger partial charge in [0.2, 0.25) is 0 Å². The van der Waals surface area contributed by atoms with Gasteiger partial charge in [0.05, 0.1) is 0 Å². The smallest absolute Gasteiger partial charge is 0.164 e. The summed E-state index contributed by atoms with van der Waals surface area (Å²) in [7, 11) is 0. The first-order valence-electron chi connectivity index (χ1n) is 18.9. The zero-order valence-corrected chi connectivity index (χ0v) is 31.9. The molecule has 12 aromatic rings. The fourth-order valence-electron chi connectivity index (χ4n) is 8.17. The van der Waals surface area contributed by atoms with E-state index in [9.17, 15) is 0 Å². The van der Waals surface area contributed by atoms with E-state index in [0.29, 0.717) is 17.5 Å². The molecule has 0 saturated carbocycles. The average molecular weight is 764 g/mol. The predicted octanol–water partition coefficient (Wildman–Crippen LogP) is 14.8. The van der Waals surface area contributed by atoms with Crippen molar-refractivity contribution in [1.29, 1.82) is 0 Å². The maximum Gasteiger partial charge on any atom is 0.164 e. The lowest BCUT2D eigenvalue weighted by Gasteiger charge is -2.08. The van der Waals surface area contributed by atoms with Crippen molar-refractivity contribution >= 4 is 85.0 Å². The summed E-state index contributed by atoms with van der Waals surface area (Å²) in [5.74, 6) is 1.87. The van der Waals surface area contributed by atoms with Gasteiger partial charge in [-0.05, 0) is 70.8 Å². The highest BCUT2D eigenvalue weighted by atomic mass is 32.1. The third kappa shape index (κ3) is 5.37. The maximum absolute atomic E-state index is 6.51. The molecule has 4 nitrogen and oxygen atoms in total. The summed E-state index contributed by atoms with van der Waals surface area (Å²) >= 11 is 3.64. The van der Waals surface area contributed by atoms with E-state index in [1.807, 2.05) is 41.7 Å². The molecular formula is C51H29N3OS2. The standard InChI is InChI=1S/C51H29N3OS2/c1-3-10-30(11-4-1)36-15-9-17-45-48(36)40-24-18-33(28-47(40)57-45)32-21-25-42-41(26-32)37-22-19-34(27-43(37)55-42)50-52-49(31-12-5-2-6-13-31)53-51(54-50)35-20-23-39-38-14-7-8-16-44(38)56-46(39)29-35/h1-29H. The molecule has 0 unspecified atom stereocenters. The molecule has 0 spiro atoms. The fourth-order valence-corrected chi connectivity index (χ4v) is 10.5. The molecule has 0 radical (unpaired) electrons. The van der Waals surface area contributed by atoms with Crippen molar-refractivity contribution in [1.82, 2.24) is 15.0 Å². The third-order valence-corrected chi connectivity index (χ3v) is 13.2. The molecule has 0 bridgehead atoms. The molecule has 12 rings (SSSR count). The molecule has 57 heavy (non-hydrogen) atoms. The lowest BCUT2D eigenvalue weighted by Crippen LogP contribution is -2.00. The average Bonchev–Trinajstić information content (AvgIpc) is 3.96. The van der Waals surface area contributed by atoms with E-state index in [1.165, 1.54) is 57.0 Å². The van der Waals surface area contributed by atoms with Crippen LogP contribution in [0.4, 0.5) is 0 Å². The second-order valence-corrected chi connectivity index (χ2v) is 16.5. The molecule has 4 heterocycles. The van der Waals surface area contributed by atoms with Gasteiger partial charge in [-0.3, -0.25) is 0 Å². The number of nitrogens with zero attached hydrogens (tertiary/aromatic N) is 3. The first-order chi connectivity index (χ1) is 28.2. The minimum absolute atomic E-state index is 0.602. The molecule has 0 aliphatic heterocycles. The summed E-state index contributed by atoms with van der Waals surface area (Å²) in [6.07, 6.45) is 0. The Bertz CT molecular complexity index is 3530. The van der Waals surface area contributed by atoms with Gasteiger partial charge in [-0.25, -0.2) is 15.0 Å². The van der Waals surface area contributed by atoms with Gasteiger partial charge in [0, 0.05) is 67.8 Å². The summed E-state index contributed by atoms with van der Waals surface area (Å²) < 4.78 is 11.6. The molecule has 0 saturated heterocycles. The van der Waals surface area contributed by atoms with Gasteiger partial charge >= 0.3 is 0 Å². The first kappa shape index (κ1) is 32.3. The Labute approximate surface area is 335 Å². The van der Waals surface area contributed by atoms with Crippen LogP contribution in [0, 0.1) is 0 Å². The highest BCUT2D eigenvalue weighted by Crippen LogP contribution is 2.43. The number of benzene rings is 8. The van der Waals surface area contributed by atoms with Crippen molar-refractivity contribution < 1.29 is 4.42 Å². The van der Waals surface area contributed by atoms with Gasteiger partial charge < -0.3 is 4.42 Å². The molecule has 4 aromatic heterocycles. The van der Waals surface area contributed by atoms with E-state index in [2.05, 4.69) is 146 Å². The molecule has 0 N–H and O–H groups in total. The molecule has 6 heteroatoms. The van der Waals surface area contributed by atoms with Gasteiger partial charge in [-0.2, -0.15) is 0 Å². The highest BCUT2D eigenvalue weighted by Gasteiger charge is 2.17. The maximum atomic E-state index is 6.51. The number of hydrogen-bond acceptors (Lipinski definition) is 6. The molecule has 0 fully saturated rings. The lowest BCUT2D eigenvalue weighted by molar-refractivity contribution is 0.669. The van der Waals surface area contributed by atoms with E-state index in [4.69, 9.17) is 19.4 Å². The van der Waals surface area contributed by atoms with Gasteiger partial charge in [0.15, 0.2) is 17.5 Å². The number of hydrogen-bond donors (Lipinski definition) is 0. The zero-order valence-electron chi connectivity index (χ0n) is 30.3. The summed E-state index contributed by atoms with van der Waals surface area (Å²) in [5, 5.41) is 7.26. The van der Waals surface area contributed by atoms with Gasteiger partial charge in [-0.15, -0.1) is 22.7 Å². The van der Waals surface area contributed by atoms with Crippen molar-refractivity contribution in [3.8, 4) is 56.4 Å². The predicted molar refractivity (Wildman–Crippen MR) is 240 cm³/mol. The van der Waals surface area contributed by atoms with Crippen LogP contribution in [0.15, 0.2) is 180 Å². The highest BCUT2D eigenvalue weighted by molar-refractivity contribution is 7.26. The van der Waals surface area contributed by atoms with Crippen LogP contribution in [0.5, 0.6) is 0 Å². The van der Waals surface area contributed by atoms with Crippen LogP contribution in [0.2, 0.25) is 0 Å². The van der Waals surface area contributed by atoms with Crippen LogP contribution in [-0.4, -0.2) is 15.0 Å². The normalized spacial score (nSPS) is 11.9. The summed E-state index contributed by atoms with van der Waals surface area (Å²) in [5.41, 5.74) is 9.26. The van der Waals surface area contributed by atoms with Crippen molar-refractivity contribution in [2.24, 2.45) is 0 Å². The SMILES string of the molecule is c1ccc(-c2nc(-c3ccc4c(c3)oc3ccc(-c5ccc6c(c5)sc5cccc(-c7ccccc7)c56)cc34)nc(-c3ccc4c(c3)sc3ccccc34)n2)cc1. The lowest BCUT2D eigenvalue weighted by atomic mass is 9.97. The molecule has 266 valence electrons. The van der Waals surface area contributed by atoms with Crippen molar-refractivity contribution in [3.63, 3.8) is 0 Å². The molecule has 0 atom stereocenters. The van der Waals surface area contributed by atoms with Crippen molar-refractivity contribution in [3.05, 3.63) is 176 Å². The fraction of sp³-hybridized carbons (Fsp3) is 0. The number of rotatable bonds is 5. The van der Waals surface area contributed by atoms with Crippen LogP contribution in [-0.2, 0) is 0 Å². The van der Waals surface area contributed by atoms with E-state index in [0.717, 1.165) is 44.2 Å². The minimum Gasteiger partial charge on any atom is -0.456 e. The number of thiophene rings is 2. The summed E-state index contributed by atoms with van der Waals surface area (Å²) in [4.78, 5) is 15.1. The number of furan rings is 1. The van der Waals surface area contributed by atoms with Crippen LogP contribution < -0.4 is 0 Å². The van der Waals surface area contributed by atoms with Gasteiger partial charge in [0.1, 0.15) is 11.2 Å². The second-order valence-electron chi connectivity index (χ2n) is 14.4. The van der Waals surface area contributed by atoms with E-state index >= 15 is 0 Å². The Morgan fingerprint density at radius 2 is 0.877 bits per heavy atom.